The molecule has 1 unspecified atom stereocenters. The van der Waals surface area contributed by atoms with Crippen LogP contribution in [0.3, 0.4) is 0 Å². The smallest absolute Gasteiger partial charge is 0.172 e. The van der Waals surface area contributed by atoms with Crippen molar-refractivity contribution in [2.45, 2.75) is 19.0 Å². The summed E-state index contributed by atoms with van der Waals surface area (Å²) in [5, 5.41) is 0. The number of pyridine rings is 2. The van der Waals surface area contributed by atoms with E-state index in [1.54, 1.807) is 6.20 Å². The Kier molecular flexibility index (Phi) is 4.20. The topological polar surface area (TPSA) is 42.8 Å². The van der Waals surface area contributed by atoms with E-state index in [1.165, 1.54) is 5.56 Å². The second kappa shape index (κ2) is 6.07. The van der Waals surface area contributed by atoms with Crippen molar-refractivity contribution in [2.75, 3.05) is 0 Å². The number of nitrogens with zero attached hydrogens (tertiary/aromatic N) is 2. The first-order chi connectivity index (χ1) is 8.79. The standard InChI is InChI=1S/C15H18N3/c1-2-9-18-10-5-6-13(12-18)11-14(16)15-7-3-4-8-17-15/h2-8,10,12,14H,1,9,11,16H2/q+1. The summed E-state index contributed by atoms with van der Waals surface area (Å²) in [7, 11) is 0. The number of hydrogen-bond donors (Lipinski definition) is 1. The molecule has 0 bridgehead atoms. The van der Waals surface area contributed by atoms with Crippen molar-refractivity contribution in [1.29, 1.82) is 0 Å². The molecule has 0 radical (unpaired) electrons. The van der Waals surface area contributed by atoms with Crippen LogP contribution in [0.2, 0.25) is 0 Å². The first kappa shape index (κ1) is 12.5. The van der Waals surface area contributed by atoms with Crippen LogP contribution in [-0.4, -0.2) is 4.98 Å². The highest BCUT2D eigenvalue weighted by molar-refractivity contribution is 5.14. The third kappa shape index (κ3) is 3.25. The van der Waals surface area contributed by atoms with Gasteiger partial charge in [0.05, 0.1) is 11.7 Å². The number of hydrogen-bond acceptors (Lipinski definition) is 2. The van der Waals surface area contributed by atoms with Gasteiger partial charge in [0, 0.05) is 17.8 Å². The number of nitrogens with two attached hydrogens (primary N) is 1. The van der Waals surface area contributed by atoms with Gasteiger partial charge < -0.3 is 5.73 Å². The maximum absolute atomic E-state index is 6.16. The lowest BCUT2D eigenvalue weighted by atomic mass is 10.1. The second-order valence-corrected chi connectivity index (χ2v) is 4.26. The second-order valence-electron chi connectivity index (χ2n) is 4.26. The number of aromatic nitrogens is 2. The zero-order chi connectivity index (χ0) is 12.8. The van der Waals surface area contributed by atoms with Gasteiger partial charge in [-0.1, -0.05) is 12.6 Å². The summed E-state index contributed by atoms with van der Waals surface area (Å²) in [5.74, 6) is 0. The zero-order valence-corrected chi connectivity index (χ0v) is 10.4. The van der Waals surface area contributed by atoms with Crippen LogP contribution in [0.4, 0.5) is 0 Å². The quantitative estimate of drug-likeness (QED) is 0.639. The van der Waals surface area contributed by atoms with Crippen LogP contribution >= 0.6 is 0 Å². The first-order valence-corrected chi connectivity index (χ1v) is 6.05. The summed E-state index contributed by atoms with van der Waals surface area (Å²) in [4.78, 5) is 4.29. The van der Waals surface area contributed by atoms with Crippen molar-refractivity contribution in [3.05, 3.63) is 72.8 Å². The van der Waals surface area contributed by atoms with E-state index in [1.807, 2.05) is 36.5 Å². The van der Waals surface area contributed by atoms with Crippen molar-refractivity contribution < 1.29 is 4.57 Å². The minimum absolute atomic E-state index is 0.0641. The van der Waals surface area contributed by atoms with Crippen molar-refractivity contribution in [3.63, 3.8) is 0 Å². The predicted octanol–water partition coefficient (Wildman–Crippen LogP) is 1.80. The monoisotopic (exact) mass is 240 g/mol. The molecule has 2 rings (SSSR count). The Labute approximate surface area is 108 Å². The van der Waals surface area contributed by atoms with Crippen molar-refractivity contribution >= 4 is 0 Å². The summed E-state index contributed by atoms with van der Waals surface area (Å²) < 4.78 is 2.09. The molecule has 92 valence electrons. The van der Waals surface area contributed by atoms with Crippen molar-refractivity contribution in [3.8, 4) is 0 Å². The van der Waals surface area contributed by atoms with Crippen molar-refractivity contribution in [1.82, 2.24) is 4.98 Å². The molecule has 0 saturated heterocycles. The predicted molar refractivity (Wildman–Crippen MR) is 71.7 cm³/mol. The zero-order valence-electron chi connectivity index (χ0n) is 10.4. The van der Waals surface area contributed by atoms with Gasteiger partial charge in [-0.2, -0.15) is 0 Å². The lowest BCUT2D eigenvalue weighted by Crippen LogP contribution is -2.32. The molecular weight excluding hydrogens is 222 g/mol. The molecule has 3 heteroatoms. The molecule has 0 spiro atoms. The summed E-state index contributed by atoms with van der Waals surface area (Å²) in [6.07, 6.45) is 8.57. The Morgan fingerprint density at radius 3 is 2.94 bits per heavy atom. The van der Waals surface area contributed by atoms with E-state index in [9.17, 15) is 0 Å². The molecule has 2 aromatic heterocycles. The first-order valence-electron chi connectivity index (χ1n) is 6.05. The number of allylic oxidation sites excluding steroid dienone is 1. The molecule has 18 heavy (non-hydrogen) atoms. The SMILES string of the molecule is C=CC[n+]1cccc(CC(N)c2ccccn2)c1. The van der Waals surface area contributed by atoms with Crippen LogP contribution in [0, 0.1) is 0 Å². The Hall–Kier alpha value is -2.00. The Morgan fingerprint density at radius 1 is 1.33 bits per heavy atom. The molecule has 2 N–H and O–H groups in total. The maximum Gasteiger partial charge on any atom is 0.172 e. The fourth-order valence-corrected chi connectivity index (χ4v) is 1.91. The summed E-state index contributed by atoms with van der Waals surface area (Å²) in [6.45, 7) is 4.55. The molecule has 0 aromatic carbocycles. The number of rotatable bonds is 5. The normalized spacial score (nSPS) is 12.1. The minimum Gasteiger partial charge on any atom is -0.322 e. The van der Waals surface area contributed by atoms with Gasteiger partial charge in [-0.05, 0) is 30.7 Å². The highest BCUT2D eigenvalue weighted by atomic mass is 14.9. The average molecular weight is 240 g/mol. The highest BCUT2D eigenvalue weighted by Crippen LogP contribution is 2.12. The maximum atomic E-state index is 6.16. The summed E-state index contributed by atoms with van der Waals surface area (Å²) >= 11 is 0. The van der Waals surface area contributed by atoms with E-state index in [0.717, 1.165) is 18.7 Å². The highest BCUT2D eigenvalue weighted by Gasteiger charge is 2.10. The molecule has 0 aliphatic heterocycles. The average Bonchev–Trinajstić information content (AvgIpc) is 2.40. The van der Waals surface area contributed by atoms with E-state index in [2.05, 4.69) is 28.4 Å². The van der Waals surface area contributed by atoms with Gasteiger partial charge in [0.15, 0.2) is 18.9 Å². The van der Waals surface area contributed by atoms with Gasteiger partial charge in [-0.3, -0.25) is 4.98 Å². The van der Waals surface area contributed by atoms with Crippen LogP contribution < -0.4 is 10.3 Å². The van der Waals surface area contributed by atoms with Gasteiger partial charge in [-0.25, -0.2) is 4.57 Å². The van der Waals surface area contributed by atoms with Crippen LogP contribution in [0.25, 0.3) is 0 Å². The van der Waals surface area contributed by atoms with Gasteiger partial charge in [0.25, 0.3) is 0 Å². The summed E-state index contributed by atoms with van der Waals surface area (Å²) in [6, 6.07) is 9.88. The molecule has 0 aliphatic rings. The largest absolute Gasteiger partial charge is 0.322 e. The molecule has 0 fully saturated rings. The Balaban J connectivity index is 2.09. The lowest BCUT2D eigenvalue weighted by Gasteiger charge is -2.09. The van der Waals surface area contributed by atoms with Gasteiger partial charge >= 0.3 is 0 Å². The van der Waals surface area contributed by atoms with E-state index in [-0.39, 0.29) is 6.04 Å². The van der Waals surface area contributed by atoms with Crippen molar-refractivity contribution in [2.24, 2.45) is 5.73 Å². The van der Waals surface area contributed by atoms with Gasteiger partial charge in [0.1, 0.15) is 0 Å². The minimum atomic E-state index is -0.0641. The third-order valence-electron chi connectivity index (χ3n) is 2.78. The molecule has 3 nitrogen and oxygen atoms in total. The molecule has 1 atom stereocenters. The van der Waals surface area contributed by atoms with Crippen LogP contribution in [-0.2, 0) is 13.0 Å². The fourth-order valence-electron chi connectivity index (χ4n) is 1.91. The Bertz CT molecular complexity index is 508. The molecule has 0 saturated carbocycles. The van der Waals surface area contributed by atoms with E-state index < -0.39 is 0 Å². The van der Waals surface area contributed by atoms with E-state index in [0.29, 0.717) is 0 Å². The molecule has 0 aliphatic carbocycles. The summed E-state index contributed by atoms with van der Waals surface area (Å²) in [5.41, 5.74) is 8.29. The van der Waals surface area contributed by atoms with Gasteiger partial charge in [0.2, 0.25) is 0 Å². The van der Waals surface area contributed by atoms with Crippen LogP contribution in [0.15, 0.2) is 61.6 Å². The Morgan fingerprint density at radius 2 is 2.22 bits per heavy atom. The lowest BCUT2D eigenvalue weighted by molar-refractivity contribution is -0.687. The molecule has 2 aromatic rings. The molecule has 0 amide bonds. The molecule has 2 heterocycles. The van der Waals surface area contributed by atoms with E-state index in [4.69, 9.17) is 5.73 Å². The van der Waals surface area contributed by atoms with Crippen LogP contribution in [0.1, 0.15) is 17.3 Å². The third-order valence-corrected chi connectivity index (χ3v) is 2.78. The van der Waals surface area contributed by atoms with Gasteiger partial charge in [-0.15, -0.1) is 0 Å². The fraction of sp³-hybridized carbons (Fsp3) is 0.200. The molecular formula is C15H18N3+. The van der Waals surface area contributed by atoms with E-state index >= 15 is 0 Å². The van der Waals surface area contributed by atoms with Crippen LogP contribution in [0.5, 0.6) is 0 Å².